The Hall–Kier alpha value is -0.0800. The zero-order valence-corrected chi connectivity index (χ0v) is 8.22. The molecule has 0 saturated carbocycles. The fourth-order valence-electron chi connectivity index (χ4n) is 0.950. The maximum atomic E-state index is 9.53. The van der Waals surface area contributed by atoms with E-state index in [-0.39, 0.29) is 17.6 Å². The topological polar surface area (TPSA) is 29.5 Å². The first-order chi connectivity index (χ1) is 4.87. The largest absolute Gasteiger partial charge is 0.390 e. The molecule has 2 nitrogen and oxygen atoms in total. The summed E-state index contributed by atoms with van der Waals surface area (Å²) >= 11 is 0. The van der Waals surface area contributed by atoms with E-state index in [9.17, 15) is 5.11 Å². The lowest BCUT2D eigenvalue weighted by Crippen LogP contribution is -2.29. The summed E-state index contributed by atoms with van der Waals surface area (Å²) in [6.07, 6.45) is 0.372. The molecule has 0 aliphatic heterocycles. The quantitative estimate of drug-likeness (QED) is 0.682. The van der Waals surface area contributed by atoms with Crippen LogP contribution in [0, 0.1) is 5.41 Å². The Kier molecular flexibility index (Phi) is 4.04. The van der Waals surface area contributed by atoms with Gasteiger partial charge in [0.05, 0.1) is 12.2 Å². The highest BCUT2D eigenvalue weighted by Crippen LogP contribution is 2.22. The average molecular weight is 160 g/mol. The summed E-state index contributed by atoms with van der Waals surface area (Å²) in [5.41, 5.74) is 0.173. The molecule has 11 heavy (non-hydrogen) atoms. The van der Waals surface area contributed by atoms with Crippen LogP contribution in [0.5, 0.6) is 0 Å². The van der Waals surface area contributed by atoms with E-state index >= 15 is 0 Å². The van der Waals surface area contributed by atoms with Crippen LogP contribution in [-0.2, 0) is 4.74 Å². The molecule has 68 valence electrons. The van der Waals surface area contributed by atoms with Gasteiger partial charge in [-0.1, -0.05) is 20.8 Å². The minimum Gasteiger partial charge on any atom is -0.390 e. The average Bonchev–Trinajstić information content (AvgIpc) is 1.82. The van der Waals surface area contributed by atoms with Crippen molar-refractivity contribution in [3.8, 4) is 0 Å². The van der Waals surface area contributed by atoms with E-state index < -0.39 is 0 Å². The van der Waals surface area contributed by atoms with Crippen LogP contribution in [0.1, 0.15) is 34.1 Å². The molecule has 2 heteroatoms. The number of hydrogen-bond donors (Lipinski definition) is 1. The SMILES string of the molecule is COC(C)C(O)CC(C)(C)C. The van der Waals surface area contributed by atoms with Gasteiger partial charge in [0.15, 0.2) is 0 Å². The van der Waals surface area contributed by atoms with E-state index in [1.54, 1.807) is 7.11 Å². The van der Waals surface area contributed by atoms with Crippen LogP contribution in [0.3, 0.4) is 0 Å². The maximum absolute atomic E-state index is 9.53. The van der Waals surface area contributed by atoms with Crippen molar-refractivity contribution < 1.29 is 9.84 Å². The standard InChI is InChI=1S/C9H20O2/c1-7(11-5)8(10)6-9(2,3)4/h7-8,10H,6H2,1-5H3. The summed E-state index contributed by atoms with van der Waals surface area (Å²) in [5.74, 6) is 0. The second kappa shape index (κ2) is 4.07. The first-order valence-electron chi connectivity index (χ1n) is 4.07. The highest BCUT2D eigenvalue weighted by molar-refractivity contribution is 4.72. The lowest BCUT2D eigenvalue weighted by Gasteiger charge is -2.25. The molecule has 2 unspecified atom stereocenters. The highest BCUT2D eigenvalue weighted by atomic mass is 16.5. The van der Waals surface area contributed by atoms with Crippen molar-refractivity contribution in [2.75, 3.05) is 7.11 Å². The molecule has 0 aromatic carbocycles. The smallest absolute Gasteiger partial charge is 0.0803 e. The molecule has 0 spiro atoms. The summed E-state index contributed by atoms with van der Waals surface area (Å²) in [4.78, 5) is 0. The summed E-state index contributed by atoms with van der Waals surface area (Å²) < 4.78 is 5.01. The summed E-state index contributed by atoms with van der Waals surface area (Å²) in [6.45, 7) is 8.21. The van der Waals surface area contributed by atoms with Crippen LogP contribution in [0.25, 0.3) is 0 Å². The predicted octanol–water partition coefficient (Wildman–Crippen LogP) is 1.82. The Morgan fingerprint density at radius 2 is 1.82 bits per heavy atom. The van der Waals surface area contributed by atoms with Gasteiger partial charge in [-0.25, -0.2) is 0 Å². The van der Waals surface area contributed by atoms with Crippen LogP contribution in [-0.4, -0.2) is 24.4 Å². The molecule has 0 aliphatic carbocycles. The van der Waals surface area contributed by atoms with Gasteiger partial charge < -0.3 is 9.84 Å². The predicted molar refractivity (Wildman–Crippen MR) is 46.5 cm³/mol. The number of aliphatic hydroxyl groups excluding tert-OH is 1. The van der Waals surface area contributed by atoms with E-state index in [0.717, 1.165) is 6.42 Å². The zero-order chi connectivity index (χ0) is 9.07. The molecule has 0 aromatic heterocycles. The maximum Gasteiger partial charge on any atom is 0.0803 e. The Morgan fingerprint density at radius 3 is 2.09 bits per heavy atom. The van der Waals surface area contributed by atoms with Crippen molar-refractivity contribution in [1.29, 1.82) is 0 Å². The second-order valence-electron chi connectivity index (χ2n) is 4.27. The number of hydrogen-bond acceptors (Lipinski definition) is 2. The van der Waals surface area contributed by atoms with Crippen molar-refractivity contribution in [3.63, 3.8) is 0 Å². The minimum atomic E-state index is -0.347. The third-order valence-corrected chi connectivity index (χ3v) is 1.74. The Morgan fingerprint density at radius 1 is 1.36 bits per heavy atom. The van der Waals surface area contributed by atoms with Crippen molar-refractivity contribution in [1.82, 2.24) is 0 Å². The molecular weight excluding hydrogens is 140 g/mol. The normalized spacial score (nSPS) is 18.0. The molecule has 2 atom stereocenters. The molecule has 0 fully saturated rings. The van der Waals surface area contributed by atoms with Crippen LogP contribution in [0.2, 0.25) is 0 Å². The van der Waals surface area contributed by atoms with Crippen LogP contribution in [0.4, 0.5) is 0 Å². The van der Waals surface area contributed by atoms with E-state index in [1.165, 1.54) is 0 Å². The molecule has 0 amide bonds. The Labute approximate surface area is 69.6 Å². The molecule has 1 N–H and O–H groups in total. The van der Waals surface area contributed by atoms with E-state index in [1.807, 2.05) is 6.92 Å². The minimum absolute atomic E-state index is 0.0609. The lowest BCUT2D eigenvalue weighted by molar-refractivity contribution is -0.0192. The van der Waals surface area contributed by atoms with Crippen LogP contribution < -0.4 is 0 Å². The van der Waals surface area contributed by atoms with Gasteiger partial charge >= 0.3 is 0 Å². The summed E-state index contributed by atoms with van der Waals surface area (Å²) in [6, 6.07) is 0. The summed E-state index contributed by atoms with van der Waals surface area (Å²) in [5, 5.41) is 9.53. The lowest BCUT2D eigenvalue weighted by atomic mass is 9.88. The van der Waals surface area contributed by atoms with Gasteiger partial charge in [0.2, 0.25) is 0 Å². The first-order valence-corrected chi connectivity index (χ1v) is 4.07. The fourth-order valence-corrected chi connectivity index (χ4v) is 0.950. The molecule has 0 heterocycles. The number of ether oxygens (including phenoxy) is 1. The molecule has 0 bridgehead atoms. The van der Waals surface area contributed by atoms with Gasteiger partial charge in [0.1, 0.15) is 0 Å². The van der Waals surface area contributed by atoms with Crippen molar-refractivity contribution in [3.05, 3.63) is 0 Å². The molecule has 0 rings (SSSR count). The monoisotopic (exact) mass is 160 g/mol. The highest BCUT2D eigenvalue weighted by Gasteiger charge is 2.20. The van der Waals surface area contributed by atoms with Gasteiger partial charge in [-0.05, 0) is 18.8 Å². The van der Waals surface area contributed by atoms with Crippen molar-refractivity contribution in [2.45, 2.75) is 46.3 Å². The fraction of sp³-hybridized carbons (Fsp3) is 1.00. The van der Waals surface area contributed by atoms with Crippen molar-refractivity contribution in [2.24, 2.45) is 5.41 Å². The molecule has 0 radical (unpaired) electrons. The van der Waals surface area contributed by atoms with E-state index in [0.29, 0.717) is 0 Å². The van der Waals surface area contributed by atoms with Gasteiger partial charge in [-0.3, -0.25) is 0 Å². The van der Waals surface area contributed by atoms with Gasteiger partial charge in [0, 0.05) is 7.11 Å². The summed E-state index contributed by atoms with van der Waals surface area (Å²) in [7, 11) is 1.62. The molecular formula is C9H20O2. The number of aliphatic hydroxyl groups is 1. The van der Waals surface area contributed by atoms with Crippen LogP contribution in [0.15, 0.2) is 0 Å². The first kappa shape index (κ1) is 10.9. The van der Waals surface area contributed by atoms with Crippen LogP contribution >= 0.6 is 0 Å². The van der Waals surface area contributed by atoms with Gasteiger partial charge in [-0.15, -0.1) is 0 Å². The third-order valence-electron chi connectivity index (χ3n) is 1.74. The number of rotatable bonds is 3. The third kappa shape index (κ3) is 5.22. The van der Waals surface area contributed by atoms with Gasteiger partial charge in [-0.2, -0.15) is 0 Å². The second-order valence-corrected chi connectivity index (χ2v) is 4.27. The molecule has 0 aromatic rings. The van der Waals surface area contributed by atoms with Crippen molar-refractivity contribution >= 4 is 0 Å². The molecule has 0 saturated heterocycles. The van der Waals surface area contributed by atoms with E-state index in [4.69, 9.17) is 4.74 Å². The van der Waals surface area contributed by atoms with E-state index in [2.05, 4.69) is 20.8 Å². The zero-order valence-electron chi connectivity index (χ0n) is 8.22. The van der Waals surface area contributed by atoms with Gasteiger partial charge in [0.25, 0.3) is 0 Å². The number of methoxy groups -OCH3 is 1. The molecule has 0 aliphatic rings. The Balaban J connectivity index is 3.77. The Bertz CT molecular complexity index is 105.